The normalized spacial score (nSPS) is 27.7. The van der Waals surface area contributed by atoms with E-state index in [0.717, 1.165) is 0 Å². The minimum atomic E-state index is -1.23. The molecular formula is C30H54N4O9. The van der Waals surface area contributed by atoms with Crippen LogP contribution in [0.25, 0.3) is 0 Å². The van der Waals surface area contributed by atoms with E-state index in [2.05, 4.69) is 0 Å². The highest BCUT2D eigenvalue weighted by Crippen LogP contribution is 2.41. The van der Waals surface area contributed by atoms with E-state index in [4.69, 9.17) is 14.2 Å². The van der Waals surface area contributed by atoms with Gasteiger partial charge in [0.1, 0.15) is 18.3 Å². The molecular weight excluding hydrogens is 560 g/mol. The van der Waals surface area contributed by atoms with E-state index in [-0.39, 0.29) is 43.4 Å². The Labute approximate surface area is 255 Å². The van der Waals surface area contributed by atoms with E-state index < -0.39 is 69.8 Å². The van der Waals surface area contributed by atoms with Crippen molar-refractivity contribution in [3.05, 3.63) is 0 Å². The number of ether oxygens (including phenoxy) is 3. The lowest BCUT2D eigenvalue weighted by Gasteiger charge is -2.51. The Hall–Kier alpha value is -2.03. The van der Waals surface area contributed by atoms with Gasteiger partial charge in [0.15, 0.2) is 0 Å². The van der Waals surface area contributed by atoms with Crippen LogP contribution in [0.5, 0.6) is 0 Å². The molecule has 13 heteroatoms. The Morgan fingerprint density at radius 2 is 0.628 bits per heavy atom. The number of hydrogen-bond acceptors (Lipinski definition) is 12. The second kappa shape index (κ2) is 11.4. The van der Waals surface area contributed by atoms with Gasteiger partial charge in [0.05, 0.1) is 0 Å². The lowest BCUT2D eigenvalue weighted by Crippen LogP contribution is -2.62. The first kappa shape index (κ1) is 35.4. The molecule has 3 aliphatic heterocycles. The molecule has 3 fully saturated rings. The minimum Gasteiger partial charge on any atom is -0.445 e. The molecule has 3 heterocycles. The van der Waals surface area contributed by atoms with Crippen molar-refractivity contribution in [2.75, 3.05) is 0 Å². The lowest BCUT2D eigenvalue weighted by atomic mass is 9.80. The summed E-state index contributed by atoms with van der Waals surface area (Å²) in [5.74, 6) is 0. The fourth-order valence-corrected chi connectivity index (χ4v) is 7.60. The highest BCUT2D eigenvalue weighted by molar-refractivity contribution is 6.04. The average molecular weight is 615 g/mol. The van der Waals surface area contributed by atoms with Gasteiger partial charge in [-0.1, -0.05) is 0 Å². The summed E-state index contributed by atoms with van der Waals surface area (Å²) in [4.78, 5) is 41.1. The third-order valence-corrected chi connectivity index (χ3v) is 9.15. The highest BCUT2D eigenvalue weighted by Gasteiger charge is 2.51. The molecule has 3 aliphatic rings. The molecule has 0 unspecified atom stereocenters. The van der Waals surface area contributed by atoms with Gasteiger partial charge in [0.25, 0.3) is 0 Å². The van der Waals surface area contributed by atoms with Gasteiger partial charge in [-0.25, -0.2) is 14.4 Å². The van der Waals surface area contributed by atoms with Crippen molar-refractivity contribution in [2.45, 2.75) is 173 Å². The molecule has 0 spiro atoms. The molecule has 3 rings (SSSR count). The molecule has 0 aromatic carbocycles. The maximum Gasteiger partial charge on any atom is 0.429 e. The largest absolute Gasteiger partial charge is 0.445 e. The Kier molecular flexibility index (Phi) is 9.40. The zero-order valence-electron chi connectivity index (χ0n) is 28.1. The quantitative estimate of drug-likeness (QED) is 0.323. The molecule has 13 nitrogen and oxygen atoms in total. The second-order valence-electron chi connectivity index (χ2n) is 16.4. The predicted molar refractivity (Wildman–Crippen MR) is 156 cm³/mol. The van der Waals surface area contributed by atoms with Crippen LogP contribution in [0.2, 0.25) is 0 Å². The summed E-state index contributed by atoms with van der Waals surface area (Å²) in [6.45, 7) is 21.7. The van der Waals surface area contributed by atoms with Gasteiger partial charge in [-0.15, -0.1) is 4.90 Å². The average Bonchev–Trinajstić information content (AvgIpc) is 2.78. The number of rotatable bonds is 3. The number of hydroxylamine groups is 6. The van der Waals surface area contributed by atoms with Crippen LogP contribution in [-0.4, -0.2) is 106 Å². The number of carbonyl (C=O) groups is 3. The SMILES string of the molecule is CC1(C)CC(OC(=O)N(C(=O)OC2CC(C)(C)N(O)C(C)(C)C2)C(=O)OC2CC(C)(C)N(O)C(C)(C)C2)CC(C)(C)N1O. The topological polar surface area (TPSA) is 153 Å². The Balaban J connectivity index is 1.87. The number of carbonyl (C=O) groups excluding carboxylic acids is 3. The maximum atomic E-state index is 13.6. The van der Waals surface area contributed by atoms with Gasteiger partial charge in [0, 0.05) is 71.8 Å². The molecule has 248 valence electrons. The number of amides is 3. The smallest absolute Gasteiger partial charge is 0.429 e. The van der Waals surface area contributed by atoms with E-state index in [0.29, 0.717) is 0 Å². The number of imide groups is 3. The molecule has 0 aromatic rings. The number of piperidine rings is 3. The van der Waals surface area contributed by atoms with Crippen LogP contribution in [0, 0.1) is 0 Å². The summed E-state index contributed by atoms with van der Waals surface area (Å²) in [5.41, 5.74) is -4.48. The van der Waals surface area contributed by atoms with Crippen LogP contribution >= 0.6 is 0 Å². The van der Waals surface area contributed by atoms with Gasteiger partial charge in [0.2, 0.25) is 0 Å². The van der Waals surface area contributed by atoms with Gasteiger partial charge in [-0.05, 0) is 83.1 Å². The van der Waals surface area contributed by atoms with E-state index in [1.807, 2.05) is 83.1 Å². The van der Waals surface area contributed by atoms with Crippen LogP contribution in [0.4, 0.5) is 14.4 Å². The number of hydrogen-bond donors (Lipinski definition) is 3. The monoisotopic (exact) mass is 614 g/mol. The van der Waals surface area contributed by atoms with Crippen LogP contribution < -0.4 is 0 Å². The molecule has 3 N–H and O–H groups in total. The summed E-state index contributed by atoms with van der Waals surface area (Å²) in [6.07, 6.45) is -4.29. The first-order chi connectivity index (χ1) is 19.2. The van der Waals surface area contributed by atoms with Crippen LogP contribution in [-0.2, 0) is 14.2 Å². The van der Waals surface area contributed by atoms with Crippen molar-refractivity contribution >= 4 is 18.3 Å². The minimum absolute atomic E-state index is 0.255. The summed E-state index contributed by atoms with van der Waals surface area (Å²) in [5, 5.41) is 35.7. The van der Waals surface area contributed by atoms with Gasteiger partial charge in [-0.3, -0.25) is 0 Å². The van der Waals surface area contributed by atoms with E-state index in [9.17, 15) is 30.0 Å². The molecule has 43 heavy (non-hydrogen) atoms. The van der Waals surface area contributed by atoms with Crippen LogP contribution in [0.1, 0.15) is 122 Å². The molecule has 0 atom stereocenters. The van der Waals surface area contributed by atoms with Gasteiger partial charge in [-0.2, -0.15) is 15.2 Å². The lowest BCUT2D eigenvalue weighted by molar-refractivity contribution is -0.258. The third-order valence-electron chi connectivity index (χ3n) is 9.15. The molecule has 0 aromatic heterocycles. The van der Waals surface area contributed by atoms with Crippen molar-refractivity contribution < 1.29 is 44.2 Å². The van der Waals surface area contributed by atoms with Crippen molar-refractivity contribution in [3.8, 4) is 0 Å². The van der Waals surface area contributed by atoms with Crippen molar-refractivity contribution in [2.24, 2.45) is 0 Å². The van der Waals surface area contributed by atoms with Gasteiger partial charge >= 0.3 is 18.3 Å². The zero-order chi connectivity index (χ0) is 33.1. The van der Waals surface area contributed by atoms with E-state index in [1.54, 1.807) is 0 Å². The third kappa shape index (κ3) is 7.45. The number of nitrogens with zero attached hydrogens (tertiary/aromatic N) is 4. The zero-order valence-corrected chi connectivity index (χ0v) is 28.1. The summed E-state index contributed by atoms with van der Waals surface area (Å²) in [6, 6.07) is 0. The summed E-state index contributed by atoms with van der Waals surface area (Å²) >= 11 is 0. The maximum absolute atomic E-state index is 13.6. The van der Waals surface area contributed by atoms with Crippen LogP contribution in [0.15, 0.2) is 0 Å². The molecule has 3 amide bonds. The molecule has 0 saturated carbocycles. The fraction of sp³-hybridized carbons (Fsp3) is 0.900. The molecule has 0 aliphatic carbocycles. The Morgan fingerprint density at radius 3 is 0.791 bits per heavy atom. The molecule has 0 radical (unpaired) electrons. The second-order valence-corrected chi connectivity index (χ2v) is 16.4. The van der Waals surface area contributed by atoms with E-state index in [1.165, 1.54) is 15.2 Å². The fourth-order valence-electron chi connectivity index (χ4n) is 7.60. The molecule has 3 saturated heterocycles. The standard InChI is InChI=1S/C30H54N4O9/c1-25(2)13-19(14-26(3,4)32(25)38)41-22(35)31(23(36)42-20-15-27(5,6)33(39)28(7,8)16-20)24(37)43-21-17-29(9,10)34(40)30(11,12)18-21/h19-21,38-40H,13-18H2,1-12H3. The van der Waals surface area contributed by atoms with Crippen molar-refractivity contribution in [1.82, 2.24) is 20.1 Å². The van der Waals surface area contributed by atoms with E-state index >= 15 is 0 Å². The highest BCUT2D eigenvalue weighted by atomic mass is 16.6. The van der Waals surface area contributed by atoms with Crippen molar-refractivity contribution in [1.29, 1.82) is 0 Å². The molecule has 0 bridgehead atoms. The first-order valence-corrected chi connectivity index (χ1v) is 15.1. The predicted octanol–water partition coefficient (Wildman–Crippen LogP) is 5.93. The summed E-state index contributed by atoms with van der Waals surface area (Å²) < 4.78 is 17.2. The Bertz CT molecular complexity index is 900. The van der Waals surface area contributed by atoms with Crippen molar-refractivity contribution in [3.63, 3.8) is 0 Å². The van der Waals surface area contributed by atoms with Gasteiger partial charge < -0.3 is 29.8 Å². The van der Waals surface area contributed by atoms with Crippen LogP contribution in [0.3, 0.4) is 0 Å². The Morgan fingerprint density at radius 1 is 0.465 bits per heavy atom. The summed E-state index contributed by atoms with van der Waals surface area (Å²) in [7, 11) is 0. The first-order valence-electron chi connectivity index (χ1n) is 15.1.